The third-order valence-electron chi connectivity index (χ3n) is 3.46. The van der Waals surface area contributed by atoms with E-state index in [0.29, 0.717) is 5.56 Å². The van der Waals surface area contributed by atoms with E-state index in [-0.39, 0.29) is 11.9 Å². The molecule has 0 fully saturated rings. The molecule has 3 rings (SSSR count). The predicted molar refractivity (Wildman–Crippen MR) is 82.1 cm³/mol. The quantitative estimate of drug-likeness (QED) is 0.788. The van der Waals surface area contributed by atoms with Crippen molar-refractivity contribution in [1.29, 1.82) is 0 Å². The molecule has 1 unspecified atom stereocenters. The van der Waals surface area contributed by atoms with Gasteiger partial charge in [0.25, 0.3) is 0 Å². The minimum absolute atomic E-state index is 0.371. The Morgan fingerprint density at radius 3 is 2.14 bits per heavy atom. The lowest BCUT2D eigenvalue weighted by atomic mass is 9.98. The number of nitrogens with zero attached hydrogens (tertiary/aromatic N) is 1. The number of hydrogen-bond acceptors (Lipinski definition) is 2. The summed E-state index contributed by atoms with van der Waals surface area (Å²) in [5.41, 5.74) is 10.1. The van der Waals surface area contributed by atoms with Gasteiger partial charge in [-0.1, -0.05) is 54.6 Å². The van der Waals surface area contributed by atoms with Crippen LogP contribution in [0.2, 0.25) is 0 Å². The molecule has 3 aromatic rings. The summed E-state index contributed by atoms with van der Waals surface area (Å²) < 4.78 is 13.2. The zero-order chi connectivity index (χ0) is 14.7. The van der Waals surface area contributed by atoms with Gasteiger partial charge < -0.3 is 5.73 Å². The first kappa shape index (κ1) is 13.5. The van der Waals surface area contributed by atoms with E-state index in [9.17, 15) is 4.39 Å². The standard InChI is InChI=1S/C18H15FN2/c19-17-10-16(11-21-12-17)18(20)15-8-6-14(7-9-15)13-4-2-1-3-5-13/h1-12,18H,20H2. The zero-order valence-corrected chi connectivity index (χ0v) is 11.4. The molecule has 1 atom stereocenters. The Hall–Kier alpha value is -2.52. The topological polar surface area (TPSA) is 38.9 Å². The van der Waals surface area contributed by atoms with Crippen LogP contribution < -0.4 is 5.73 Å². The van der Waals surface area contributed by atoms with Gasteiger partial charge in [-0.15, -0.1) is 0 Å². The molecule has 104 valence electrons. The molecule has 0 aliphatic carbocycles. The lowest BCUT2D eigenvalue weighted by Crippen LogP contribution is -2.12. The van der Waals surface area contributed by atoms with Gasteiger partial charge in [0.15, 0.2) is 0 Å². The molecule has 0 bridgehead atoms. The molecule has 0 saturated carbocycles. The van der Waals surface area contributed by atoms with Gasteiger partial charge in [0, 0.05) is 6.20 Å². The molecule has 0 amide bonds. The van der Waals surface area contributed by atoms with Crippen LogP contribution in [0.4, 0.5) is 4.39 Å². The highest BCUT2D eigenvalue weighted by molar-refractivity contribution is 5.63. The van der Waals surface area contributed by atoms with E-state index in [1.807, 2.05) is 42.5 Å². The van der Waals surface area contributed by atoms with Crippen LogP contribution in [0.1, 0.15) is 17.2 Å². The van der Waals surface area contributed by atoms with E-state index in [1.54, 1.807) is 6.20 Å². The lowest BCUT2D eigenvalue weighted by molar-refractivity contribution is 0.616. The molecular weight excluding hydrogens is 263 g/mol. The molecule has 21 heavy (non-hydrogen) atoms. The van der Waals surface area contributed by atoms with E-state index in [1.165, 1.54) is 12.3 Å². The second-order valence-electron chi connectivity index (χ2n) is 4.90. The van der Waals surface area contributed by atoms with Crippen molar-refractivity contribution >= 4 is 0 Å². The highest BCUT2D eigenvalue weighted by Gasteiger charge is 2.10. The van der Waals surface area contributed by atoms with Crippen LogP contribution in [0.5, 0.6) is 0 Å². The Morgan fingerprint density at radius 2 is 1.48 bits per heavy atom. The third-order valence-corrected chi connectivity index (χ3v) is 3.46. The van der Waals surface area contributed by atoms with Crippen molar-refractivity contribution in [2.24, 2.45) is 5.73 Å². The van der Waals surface area contributed by atoms with Crippen molar-refractivity contribution in [2.75, 3.05) is 0 Å². The molecule has 0 saturated heterocycles. The van der Waals surface area contributed by atoms with Crippen LogP contribution in [0.15, 0.2) is 73.1 Å². The number of benzene rings is 2. The van der Waals surface area contributed by atoms with Gasteiger partial charge in [0.05, 0.1) is 12.2 Å². The average molecular weight is 278 g/mol. The largest absolute Gasteiger partial charge is 0.320 e. The fourth-order valence-electron chi connectivity index (χ4n) is 2.30. The molecule has 0 aliphatic heterocycles. The summed E-state index contributed by atoms with van der Waals surface area (Å²) in [6, 6.07) is 19.2. The van der Waals surface area contributed by atoms with Gasteiger partial charge in [0.1, 0.15) is 5.82 Å². The normalized spacial score (nSPS) is 12.1. The molecule has 2 nitrogen and oxygen atoms in total. The number of pyridine rings is 1. The number of halogens is 1. The molecule has 0 spiro atoms. The Bertz CT molecular complexity index is 724. The summed E-state index contributed by atoms with van der Waals surface area (Å²) in [7, 11) is 0. The van der Waals surface area contributed by atoms with Gasteiger partial charge in [-0.25, -0.2) is 4.39 Å². The summed E-state index contributed by atoms with van der Waals surface area (Å²) in [6.07, 6.45) is 2.77. The number of nitrogens with two attached hydrogens (primary N) is 1. The molecule has 1 aromatic heterocycles. The zero-order valence-electron chi connectivity index (χ0n) is 11.4. The fourth-order valence-corrected chi connectivity index (χ4v) is 2.30. The van der Waals surface area contributed by atoms with Gasteiger partial charge in [0.2, 0.25) is 0 Å². The van der Waals surface area contributed by atoms with E-state index in [4.69, 9.17) is 5.73 Å². The van der Waals surface area contributed by atoms with Crippen molar-refractivity contribution in [2.45, 2.75) is 6.04 Å². The molecule has 1 heterocycles. The smallest absolute Gasteiger partial charge is 0.141 e. The van der Waals surface area contributed by atoms with Crippen LogP contribution in [0, 0.1) is 5.82 Å². The maximum absolute atomic E-state index is 13.2. The Labute approximate surface area is 123 Å². The molecule has 2 N–H and O–H groups in total. The summed E-state index contributed by atoms with van der Waals surface area (Å²) in [5, 5.41) is 0. The van der Waals surface area contributed by atoms with Crippen LogP contribution in [-0.4, -0.2) is 4.98 Å². The maximum Gasteiger partial charge on any atom is 0.141 e. The van der Waals surface area contributed by atoms with Gasteiger partial charge >= 0.3 is 0 Å². The highest BCUT2D eigenvalue weighted by Crippen LogP contribution is 2.24. The maximum atomic E-state index is 13.2. The predicted octanol–water partition coefficient (Wildman–Crippen LogP) is 3.94. The van der Waals surface area contributed by atoms with Crippen LogP contribution in [0.25, 0.3) is 11.1 Å². The Morgan fingerprint density at radius 1 is 0.810 bits per heavy atom. The molecule has 0 aliphatic rings. The van der Waals surface area contributed by atoms with Crippen molar-refractivity contribution < 1.29 is 4.39 Å². The van der Waals surface area contributed by atoms with Crippen molar-refractivity contribution in [3.63, 3.8) is 0 Å². The number of aromatic nitrogens is 1. The van der Waals surface area contributed by atoms with E-state index in [2.05, 4.69) is 17.1 Å². The van der Waals surface area contributed by atoms with E-state index in [0.717, 1.165) is 16.7 Å². The summed E-state index contributed by atoms with van der Waals surface area (Å²) in [6.45, 7) is 0. The lowest BCUT2D eigenvalue weighted by Gasteiger charge is -2.13. The van der Waals surface area contributed by atoms with E-state index < -0.39 is 0 Å². The third kappa shape index (κ3) is 2.98. The van der Waals surface area contributed by atoms with Crippen molar-refractivity contribution in [3.05, 3.63) is 90.0 Å². The number of hydrogen-bond donors (Lipinski definition) is 1. The SMILES string of the molecule is NC(c1ccc(-c2ccccc2)cc1)c1cncc(F)c1. The second-order valence-corrected chi connectivity index (χ2v) is 4.90. The van der Waals surface area contributed by atoms with Crippen LogP contribution >= 0.6 is 0 Å². The van der Waals surface area contributed by atoms with Crippen molar-refractivity contribution in [1.82, 2.24) is 4.98 Å². The summed E-state index contributed by atoms with van der Waals surface area (Å²) in [4.78, 5) is 3.84. The average Bonchev–Trinajstić information content (AvgIpc) is 2.55. The summed E-state index contributed by atoms with van der Waals surface area (Å²) in [5.74, 6) is -0.371. The second kappa shape index (κ2) is 5.85. The minimum atomic E-state index is -0.377. The van der Waals surface area contributed by atoms with Crippen LogP contribution in [0.3, 0.4) is 0 Å². The monoisotopic (exact) mass is 278 g/mol. The van der Waals surface area contributed by atoms with Crippen LogP contribution in [-0.2, 0) is 0 Å². The first-order valence-electron chi connectivity index (χ1n) is 6.75. The minimum Gasteiger partial charge on any atom is -0.320 e. The van der Waals surface area contributed by atoms with Gasteiger partial charge in [-0.05, 0) is 28.3 Å². The Kier molecular flexibility index (Phi) is 3.75. The first-order chi connectivity index (χ1) is 10.2. The highest BCUT2D eigenvalue weighted by atomic mass is 19.1. The fraction of sp³-hybridized carbons (Fsp3) is 0.0556. The number of rotatable bonds is 3. The molecular formula is C18H15FN2. The molecule has 0 radical (unpaired) electrons. The van der Waals surface area contributed by atoms with Crippen molar-refractivity contribution in [3.8, 4) is 11.1 Å². The molecule has 3 heteroatoms. The van der Waals surface area contributed by atoms with Gasteiger partial charge in [-0.2, -0.15) is 0 Å². The van der Waals surface area contributed by atoms with Gasteiger partial charge in [-0.3, -0.25) is 4.98 Å². The summed E-state index contributed by atoms with van der Waals surface area (Å²) >= 11 is 0. The first-order valence-corrected chi connectivity index (χ1v) is 6.75. The van der Waals surface area contributed by atoms with E-state index >= 15 is 0 Å². The Balaban J connectivity index is 1.87. The molecule has 2 aromatic carbocycles.